The van der Waals surface area contributed by atoms with Gasteiger partial charge in [-0.3, -0.25) is 30.1 Å². The summed E-state index contributed by atoms with van der Waals surface area (Å²) in [4.78, 5) is 38.8. The fourth-order valence-electron chi connectivity index (χ4n) is 2.95. The van der Waals surface area contributed by atoms with Crippen LogP contribution in [0.25, 0.3) is 6.08 Å². The second kappa shape index (κ2) is 11.3. The second-order valence-corrected chi connectivity index (χ2v) is 9.15. The standard InChI is InChI=1S/C23H22ClN3O3S2/c1-2-15-5-7-16(8-6-15)14-19-22(30)27(23(31)32-19)13-3-4-20(28)25-26-21(29)17-9-11-18(24)12-10-17/h5-12,14H,2-4,13H2,1H3,(H,25,28)(H,26,29)/b19-14-. The lowest BCUT2D eigenvalue weighted by molar-refractivity contribution is -0.124. The van der Waals surface area contributed by atoms with Crippen LogP contribution in [-0.4, -0.2) is 33.5 Å². The van der Waals surface area contributed by atoms with Gasteiger partial charge >= 0.3 is 0 Å². The van der Waals surface area contributed by atoms with Crippen LogP contribution in [0.4, 0.5) is 0 Å². The Balaban J connectivity index is 1.45. The van der Waals surface area contributed by atoms with Crippen LogP contribution in [-0.2, 0) is 16.0 Å². The molecular formula is C23H22ClN3O3S2. The van der Waals surface area contributed by atoms with Crippen LogP contribution in [0.15, 0.2) is 53.4 Å². The van der Waals surface area contributed by atoms with Crippen molar-refractivity contribution in [1.29, 1.82) is 0 Å². The minimum atomic E-state index is -0.441. The van der Waals surface area contributed by atoms with Gasteiger partial charge in [0.05, 0.1) is 4.91 Å². The molecule has 0 aromatic heterocycles. The number of amides is 3. The zero-order valence-corrected chi connectivity index (χ0v) is 19.8. The van der Waals surface area contributed by atoms with Crippen LogP contribution in [0, 0.1) is 0 Å². The third-order valence-corrected chi connectivity index (χ3v) is 6.40. The smallest absolute Gasteiger partial charge is 0.269 e. The molecule has 1 fully saturated rings. The molecule has 2 aromatic rings. The SMILES string of the molecule is CCc1ccc(/C=C2\SC(=S)N(CCCC(=O)NNC(=O)c3ccc(Cl)cc3)C2=O)cc1. The van der Waals surface area contributed by atoms with Gasteiger partial charge in [0.1, 0.15) is 4.32 Å². The first kappa shape index (κ1) is 24.0. The Bertz CT molecular complexity index is 1050. The molecule has 1 saturated heterocycles. The molecule has 32 heavy (non-hydrogen) atoms. The lowest BCUT2D eigenvalue weighted by Gasteiger charge is -2.14. The minimum absolute atomic E-state index is 0.134. The second-order valence-electron chi connectivity index (χ2n) is 7.04. The lowest BCUT2D eigenvalue weighted by Crippen LogP contribution is -2.41. The van der Waals surface area contributed by atoms with Gasteiger partial charge < -0.3 is 0 Å². The van der Waals surface area contributed by atoms with Crippen molar-refractivity contribution in [1.82, 2.24) is 15.8 Å². The van der Waals surface area contributed by atoms with Gasteiger partial charge in [0.2, 0.25) is 5.91 Å². The summed E-state index contributed by atoms with van der Waals surface area (Å²) in [5.41, 5.74) is 7.28. The third-order valence-electron chi connectivity index (χ3n) is 4.77. The van der Waals surface area contributed by atoms with E-state index in [1.54, 1.807) is 24.3 Å². The highest BCUT2D eigenvalue weighted by atomic mass is 35.5. The first-order chi connectivity index (χ1) is 15.4. The molecule has 166 valence electrons. The summed E-state index contributed by atoms with van der Waals surface area (Å²) in [7, 11) is 0. The van der Waals surface area contributed by atoms with Crippen LogP contribution in [0.3, 0.4) is 0 Å². The number of hydrogen-bond donors (Lipinski definition) is 2. The lowest BCUT2D eigenvalue weighted by atomic mass is 10.1. The molecule has 0 spiro atoms. The van der Waals surface area contributed by atoms with Crippen molar-refractivity contribution in [2.24, 2.45) is 0 Å². The van der Waals surface area contributed by atoms with Crippen LogP contribution in [0.1, 0.15) is 41.3 Å². The topological polar surface area (TPSA) is 78.5 Å². The Morgan fingerprint density at radius 1 is 1.09 bits per heavy atom. The number of benzene rings is 2. The summed E-state index contributed by atoms with van der Waals surface area (Å²) >= 11 is 12.4. The summed E-state index contributed by atoms with van der Waals surface area (Å²) in [5.74, 6) is -0.954. The normalized spacial score (nSPS) is 14.7. The van der Waals surface area contributed by atoms with Gasteiger partial charge in [0, 0.05) is 23.6 Å². The molecule has 0 bridgehead atoms. The molecule has 3 amide bonds. The predicted molar refractivity (Wildman–Crippen MR) is 132 cm³/mol. The van der Waals surface area contributed by atoms with E-state index in [1.165, 1.54) is 22.2 Å². The maximum atomic E-state index is 12.7. The first-order valence-corrected chi connectivity index (χ1v) is 11.7. The van der Waals surface area contributed by atoms with Gasteiger partial charge in [-0.2, -0.15) is 0 Å². The molecule has 2 aromatic carbocycles. The number of rotatable bonds is 7. The molecule has 0 atom stereocenters. The van der Waals surface area contributed by atoms with Crippen LogP contribution >= 0.6 is 35.6 Å². The van der Waals surface area contributed by atoms with Gasteiger partial charge in [-0.05, 0) is 54.3 Å². The molecule has 1 aliphatic heterocycles. The zero-order chi connectivity index (χ0) is 23.1. The predicted octanol–water partition coefficient (Wildman–Crippen LogP) is 4.35. The molecule has 3 rings (SSSR count). The van der Waals surface area contributed by atoms with E-state index in [0.29, 0.717) is 32.8 Å². The molecule has 0 aliphatic carbocycles. The summed E-state index contributed by atoms with van der Waals surface area (Å²) in [6.45, 7) is 2.42. The van der Waals surface area contributed by atoms with Crippen molar-refractivity contribution >= 4 is 63.7 Å². The summed E-state index contributed by atoms with van der Waals surface area (Å²) in [6.07, 6.45) is 3.33. The van der Waals surface area contributed by atoms with E-state index in [9.17, 15) is 14.4 Å². The number of nitrogens with one attached hydrogen (secondary N) is 2. The molecule has 1 heterocycles. The number of aryl methyl sites for hydroxylation is 1. The average Bonchev–Trinajstić information content (AvgIpc) is 3.05. The largest absolute Gasteiger partial charge is 0.293 e. The highest BCUT2D eigenvalue weighted by molar-refractivity contribution is 8.26. The highest BCUT2D eigenvalue weighted by Gasteiger charge is 2.31. The third kappa shape index (κ3) is 6.41. The van der Waals surface area contributed by atoms with E-state index in [4.69, 9.17) is 23.8 Å². The Morgan fingerprint density at radius 2 is 1.78 bits per heavy atom. The van der Waals surface area contributed by atoms with Crippen LogP contribution in [0.2, 0.25) is 5.02 Å². The molecule has 0 saturated carbocycles. The summed E-state index contributed by atoms with van der Waals surface area (Å²) < 4.78 is 0.475. The Labute approximate surface area is 201 Å². The molecule has 9 heteroatoms. The number of carbonyl (C=O) groups is 3. The van der Waals surface area contributed by atoms with E-state index >= 15 is 0 Å². The maximum Gasteiger partial charge on any atom is 0.269 e. The molecule has 6 nitrogen and oxygen atoms in total. The summed E-state index contributed by atoms with van der Waals surface area (Å²) in [5, 5.41) is 0.519. The van der Waals surface area contributed by atoms with Crippen molar-refractivity contribution in [3.8, 4) is 0 Å². The number of thiocarbonyl (C=S) groups is 1. The Morgan fingerprint density at radius 3 is 2.44 bits per heavy atom. The van der Waals surface area contributed by atoms with E-state index < -0.39 is 5.91 Å². The number of hydrogen-bond acceptors (Lipinski definition) is 5. The number of carbonyl (C=O) groups excluding carboxylic acids is 3. The first-order valence-electron chi connectivity index (χ1n) is 10.1. The average molecular weight is 488 g/mol. The van der Waals surface area contributed by atoms with Crippen molar-refractivity contribution in [2.75, 3.05) is 6.54 Å². The quantitative estimate of drug-likeness (QED) is 0.345. The molecule has 2 N–H and O–H groups in total. The van der Waals surface area contributed by atoms with E-state index in [1.807, 2.05) is 30.3 Å². The van der Waals surface area contributed by atoms with E-state index in [0.717, 1.165) is 12.0 Å². The van der Waals surface area contributed by atoms with Crippen molar-refractivity contribution < 1.29 is 14.4 Å². The minimum Gasteiger partial charge on any atom is -0.293 e. The van der Waals surface area contributed by atoms with Crippen LogP contribution in [0.5, 0.6) is 0 Å². The van der Waals surface area contributed by atoms with Gasteiger partial charge in [-0.1, -0.05) is 66.8 Å². The zero-order valence-electron chi connectivity index (χ0n) is 17.4. The number of halogens is 1. The molecule has 0 radical (unpaired) electrons. The van der Waals surface area contributed by atoms with Gasteiger partial charge in [0.25, 0.3) is 11.8 Å². The Kier molecular flexibility index (Phi) is 8.44. The molecule has 0 unspecified atom stereocenters. The Hall–Kier alpha value is -2.68. The van der Waals surface area contributed by atoms with Crippen molar-refractivity contribution in [3.63, 3.8) is 0 Å². The van der Waals surface area contributed by atoms with Gasteiger partial charge in [-0.25, -0.2) is 0 Å². The highest BCUT2D eigenvalue weighted by Crippen LogP contribution is 2.32. The maximum absolute atomic E-state index is 12.7. The van der Waals surface area contributed by atoms with Gasteiger partial charge in [-0.15, -0.1) is 0 Å². The molecular weight excluding hydrogens is 466 g/mol. The number of hydrazine groups is 1. The van der Waals surface area contributed by atoms with E-state index in [-0.39, 0.29) is 18.2 Å². The molecule has 1 aliphatic rings. The van der Waals surface area contributed by atoms with Crippen molar-refractivity contribution in [2.45, 2.75) is 26.2 Å². The van der Waals surface area contributed by atoms with Crippen molar-refractivity contribution in [3.05, 3.63) is 75.1 Å². The summed E-state index contributed by atoms with van der Waals surface area (Å²) in [6, 6.07) is 14.3. The number of thioether (sulfide) groups is 1. The van der Waals surface area contributed by atoms with Gasteiger partial charge in [0.15, 0.2) is 0 Å². The number of nitrogens with zero attached hydrogens (tertiary/aromatic N) is 1. The van der Waals surface area contributed by atoms with E-state index in [2.05, 4.69) is 17.8 Å². The fourth-order valence-corrected chi connectivity index (χ4v) is 4.39. The fraction of sp³-hybridized carbons (Fsp3) is 0.217. The monoisotopic (exact) mass is 487 g/mol. The van der Waals surface area contributed by atoms with Crippen LogP contribution < -0.4 is 10.9 Å².